The lowest BCUT2D eigenvalue weighted by atomic mass is 10.1. The van der Waals surface area contributed by atoms with E-state index in [-0.39, 0.29) is 11.5 Å². The zero-order valence-electron chi connectivity index (χ0n) is 11.4. The third kappa shape index (κ3) is 5.55. The molecular formula is C15H17BrN2O2. The van der Waals surface area contributed by atoms with Crippen LogP contribution in [0.4, 0.5) is 0 Å². The van der Waals surface area contributed by atoms with Crippen molar-refractivity contribution >= 4 is 27.9 Å². The number of hydrogen-bond acceptors (Lipinski definition) is 3. The van der Waals surface area contributed by atoms with Crippen molar-refractivity contribution in [3.63, 3.8) is 0 Å². The largest absolute Gasteiger partial charge is 0.382 e. The van der Waals surface area contributed by atoms with Gasteiger partial charge in [0.1, 0.15) is 11.6 Å². The number of amides is 1. The minimum Gasteiger partial charge on any atom is -0.382 e. The van der Waals surface area contributed by atoms with Crippen molar-refractivity contribution in [2.75, 3.05) is 19.8 Å². The second-order valence-electron chi connectivity index (χ2n) is 4.00. The first-order valence-electron chi connectivity index (χ1n) is 6.41. The smallest absolute Gasteiger partial charge is 0.261 e. The number of rotatable bonds is 7. The van der Waals surface area contributed by atoms with Gasteiger partial charge in [-0.3, -0.25) is 4.79 Å². The Balaban J connectivity index is 2.60. The lowest BCUT2D eigenvalue weighted by Crippen LogP contribution is -2.26. The minimum atomic E-state index is -0.361. The first-order chi connectivity index (χ1) is 9.69. The molecule has 0 unspecified atom stereocenters. The van der Waals surface area contributed by atoms with E-state index < -0.39 is 0 Å². The van der Waals surface area contributed by atoms with Crippen molar-refractivity contribution in [2.24, 2.45) is 0 Å². The number of carbonyl (C=O) groups excluding carboxylic acids is 1. The van der Waals surface area contributed by atoms with Crippen molar-refractivity contribution in [3.8, 4) is 6.07 Å². The summed E-state index contributed by atoms with van der Waals surface area (Å²) in [6.07, 6.45) is 2.30. The molecule has 0 spiro atoms. The SMILES string of the molecule is CCOCCCNC(=O)/C(C#N)=C/c1ccccc1Br. The molecule has 4 nitrogen and oxygen atoms in total. The molecule has 0 heterocycles. The van der Waals surface area contributed by atoms with Gasteiger partial charge in [0.05, 0.1) is 0 Å². The first-order valence-corrected chi connectivity index (χ1v) is 7.20. The minimum absolute atomic E-state index is 0.0910. The summed E-state index contributed by atoms with van der Waals surface area (Å²) in [6, 6.07) is 9.35. The van der Waals surface area contributed by atoms with E-state index in [1.165, 1.54) is 0 Å². The number of ether oxygens (including phenoxy) is 1. The summed E-state index contributed by atoms with van der Waals surface area (Å²) in [5.74, 6) is -0.361. The molecule has 0 bridgehead atoms. The fourth-order valence-electron chi connectivity index (χ4n) is 1.51. The van der Waals surface area contributed by atoms with Crippen LogP contribution in [0.25, 0.3) is 6.08 Å². The first kappa shape index (κ1) is 16.4. The van der Waals surface area contributed by atoms with E-state index in [0.717, 1.165) is 16.5 Å². The molecule has 20 heavy (non-hydrogen) atoms. The molecule has 0 aromatic heterocycles. The van der Waals surface area contributed by atoms with E-state index in [2.05, 4.69) is 21.2 Å². The number of hydrogen-bond donors (Lipinski definition) is 1. The number of halogens is 1. The molecule has 0 atom stereocenters. The molecule has 0 saturated carbocycles. The lowest BCUT2D eigenvalue weighted by molar-refractivity contribution is -0.117. The molecule has 0 aliphatic rings. The summed E-state index contributed by atoms with van der Waals surface area (Å²) in [5, 5.41) is 11.8. The van der Waals surface area contributed by atoms with Crippen LogP contribution >= 0.6 is 15.9 Å². The van der Waals surface area contributed by atoms with E-state index in [1.54, 1.807) is 6.08 Å². The fourth-order valence-corrected chi connectivity index (χ4v) is 1.91. The average molecular weight is 337 g/mol. The third-order valence-electron chi connectivity index (χ3n) is 2.53. The fraction of sp³-hybridized carbons (Fsp3) is 0.333. The number of benzene rings is 1. The highest BCUT2D eigenvalue weighted by Crippen LogP contribution is 2.18. The van der Waals surface area contributed by atoms with Gasteiger partial charge in [-0.1, -0.05) is 34.1 Å². The molecule has 1 rings (SSSR count). The Morgan fingerprint density at radius 1 is 1.50 bits per heavy atom. The number of nitrogens with one attached hydrogen (secondary N) is 1. The van der Waals surface area contributed by atoms with E-state index in [9.17, 15) is 4.79 Å². The predicted octanol–water partition coefficient (Wildman–Crippen LogP) is 2.90. The summed E-state index contributed by atoms with van der Waals surface area (Å²) in [5.41, 5.74) is 0.891. The highest BCUT2D eigenvalue weighted by Gasteiger charge is 2.08. The van der Waals surface area contributed by atoms with E-state index in [4.69, 9.17) is 10.00 Å². The number of nitrogens with zero attached hydrogens (tertiary/aromatic N) is 1. The quantitative estimate of drug-likeness (QED) is 0.473. The summed E-state index contributed by atoms with van der Waals surface area (Å²) < 4.78 is 6.02. The molecule has 0 aliphatic heterocycles. The maximum Gasteiger partial charge on any atom is 0.261 e. The van der Waals surface area contributed by atoms with Crippen LogP contribution in [0.1, 0.15) is 18.9 Å². The Morgan fingerprint density at radius 2 is 2.25 bits per heavy atom. The second kappa shape index (κ2) is 9.29. The van der Waals surface area contributed by atoms with Crippen molar-refractivity contribution in [1.29, 1.82) is 5.26 Å². The molecule has 0 saturated heterocycles. The molecule has 0 aliphatic carbocycles. The van der Waals surface area contributed by atoms with Crippen molar-refractivity contribution in [1.82, 2.24) is 5.32 Å². The van der Waals surface area contributed by atoms with Gasteiger partial charge in [-0.25, -0.2) is 0 Å². The number of nitriles is 1. The maximum atomic E-state index is 11.9. The predicted molar refractivity (Wildman–Crippen MR) is 81.9 cm³/mol. The van der Waals surface area contributed by atoms with Gasteiger partial charge in [0, 0.05) is 24.2 Å². The molecule has 0 radical (unpaired) electrons. The topological polar surface area (TPSA) is 62.1 Å². The normalized spacial score (nSPS) is 10.9. The second-order valence-corrected chi connectivity index (χ2v) is 4.85. The highest BCUT2D eigenvalue weighted by molar-refractivity contribution is 9.10. The monoisotopic (exact) mass is 336 g/mol. The summed E-state index contributed by atoms with van der Waals surface area (Å²) in [6.45, 7) is 3.69. The van der Waals surface area contributed by atoms with Crippen LogP contribution in [0, 0.1) is 11.3 Å². The van der Waals surface area contributed by atoms with Gasteiger partial charge in [0.25, 0.3) is 5.91 Å². The summed E-state index contributed by atoms with van der Waals surface area (Å²) >= 11 is 3.38. The summed E-state index contributed by atoms with van der Waals surface area (Å²) in [4.78, 5) is 11.9. The molecule has 106 valence electrons. The van der Waals surface area contributed by atoms with Gasteiger partial charge >= 0.3 is 0 Å². The zero-order chi connectivity index (χ0) is 14.8. The van der Waals surface area contributed by atoms with Gasteiger partial charge in [0.2, 0.25) is 0 Å². The van der Waals surface area contributed by atoms with Crippen LogP contribution in [0.5, 0.6) is 0 Å². The molecule has 1 amide bonds. The lowest BCUT2D eigenvalue weighted by Gasteiger charge is -2.05. The Morgan fingerprint density at radius 3 is 2.90 bits per heavy atom. The summed E-state index contributed by atoms with van der Waals surface area (Å²) in [7, 11) is 0. The maximum absolute atomic E-state index is 11.9. The van der Waals surface area contributed by atoms with Crippen LogP contribution in [0.15, 0.2) is 34.3 Å². The van der Waals surface area contributed by atoms with E-state index in [0.29, 0.717) is 19.8 Å². The Kier molecular flexibility index (Phi) is 7.63. The highest BCUT2D eigenvalue weighted by atomic mass is 79.9. The van der Waals surface area contributed by atoms with Crippen molar-refractivity contribution < 1.29 is 9.53 Å². The Labute approximate surface area is 127 Å². The van der Waals surface area contributed by atoms with Gasteiger partial charge in [-0.05, 0) is 31.1 Å². The number of carbonyl (C=O) groups is 1. The van der Waals surface area contributed by atoms with Crippen LogP contribution in [0.3, 0.4) is 0 Å². The molecule has 1 N–H and O–H groups in total. The van der Waals surface area contributed by atoms with Gasteiger partial charge < -0.3 is 10.1 Å². The van der Waals surface area contributed by atoms with Crippen molar-refractivity contribution in [2.45, 2.75) is 13.3 Å². The van der Waals surface area contributed by atoms with Gasteiger partial charge in [-0.15, -0.1) is 0 Å². The molecular weight excluding hydrogens is 320 g/mol. The zero-order valence-corrected chi connectivity index (χ0v) is 12.9. The Bertz CT molecular complexity index is 521. The Hall–Kier alpha value is -1.64. The van der Waals surface area contributed by atoms with Gasteiger partial charge in [-0.2, -0.15) is 5.26 Å². The molecule has 5 heteroatoms. The molecule has 1 aromatic carbocycles. The van der Waals surface area contributed by atoms with Crippen LogP contribution < -0.4 is 5.32 Å². The average Bonchev–Trinajstić information content (AvgIpc) is 2.46. The molecule has 0 fully saturated rings. The van der Waals surface area contributed by atoms with Crippen molar-refractivity contribution in [3.05, 3.63) is 39.9 Å². The van der Waals surface area contributed by atoms with E-state index >= 15 is 0 Å². The van der Waals surface area contributed by atoms with Gasteiger partial charge in [0.15, 0.2) is 0 Å². The van der Waals surface area contributed by atoms with Crippen LogP contribution in [-0.2, 0) is 9.53 Å². The molecule has 1 aromatic rings. The van der Waals surface area contributed by atoms with E-state index in [1.807, 2.05) is 37.3 Å². The standard InChI is InChI=1S/C15H17BrN2O2/c1-2-20-9-5-8-18-15(19)13(11-17)10-12-6-3-4-7-14(12)16/h3-4,6-7,10H,2,5,8-9H2,1H3,(H,18,19)/b13-10+. The van der Waals surface area contributed by atoms with Crippen LogP contribution in [-0.4, -0.2) is 25.7 Å². The third-order valence-corrected chi connectivity index (χ3v) is 3.25. The van der Waals surface area contributed by atoms with Crippen LogP contribution in [0.2, 0.25) is 0 Å².